The highest BCUT2D eigenvalue weighted by atomic mass is 35.5. The van der Waals surface area contributed by atoms with E-state index in [2.05, 4.69) is 25.6 Å². The van der Waals surface area contributed by atoms with Crippen molar-refractivity contribution in [3.8, 4) is 11.6 Å². The number of aryl methyl sites for hydroxylation is 1. The van der Waals surface area contributed by atoms with E-state index in [9.17, 15) is 4.79 Å². The summed E-state index contributed by atoms with van der Waals surface area (Å²) >= 11 is 6.20. The molecule has 0 aliphatic carbocycles. The summed E-state index contributed by atoms with van der Waals surface area (Å²) < 4.78 is 12.2. The molecule has 0 amide bonds. The zero-order valence-corrected chi connectivity index (χ0v) is 16.1. The fourth-order valence-electron chi connectivity index (χ4n) is 2.91. The minimum absolute atomic E-state index is 0.226. The van der Waals surface area contributed by atoms with Gasteiger partial charge in [-0.15, -0.1) is 5.10 Å². The monoisotopic (exact) mass is 400 g/mol. The number of anilines is 1. The maximum atomic E-state index is 12.5. The molecule has 2 N–H and O–H groups in total. The van der Waals surface area contributed by atoms with E-state index in [0.29, 0.717) is 27.7 Å². The first kappa shape index (κ1) is 18.1. The van der Waals surface area contributed by atoms with Crippen LogP contribution in [0, 0.1) is 6.92 Å². The number of halogens is 1. The smallest absolute Gasteiger partial charge is 0.297 e. The van der Waals surface area contributed by atoms with Crippen molar-refractivity contribution in [3.05, 3.63) is 57.3 Å². The second-order valence-electron chi connectivity index (χ2n) is 6.29. The van der Waals surface area contributed by atoms with Crippen LogP contribution in [0.1, 0.15) is 24.2 Å². The van der Waals surface area contributed by atoms with E-state index < -0.39 is 0 Å². The lowest BCUT2D eigenvalue weighted by Gasteiger charge is -2.13. The maximum Gasteiger partial charge on any atom is 0.297 e. The first-order chi connectivity index (χ1) is 13.5. The third-order valence-electron chi connectivity index (χ3n) is 4.38. The third kappa shape index (κ3) is 3.20. The van der Waals surface area contributed by atoms with Gasteiger partial charge >= 0.3 is 0 Å². The number of ether oxygens (including phenoxy) is 1. The van der Waals surface area contributed by atoms with Crippen LogP contribution in [-0.4, -0.2) is 32.1 Å². The molecule has 0 aliphatic rings. The highest BCUT2D eigenvalue weighted by Crippen LogP contribution is 2.29. The topological polar surface area (TPSA) is 111 Å². The normalized spacial score (nSPS) is 12.3. The molecule has 10 heteroatoms. The molecule has 3 aromatic heterocycles. The Morgan fingerprint density at radius 1 is 1.36 bits per heavy atom. The molecule has 3 heterocycles. The first-order valence-corrected chi connectivity index (χ1v) is 8.84. The standard InChI is InChI=1S/C18H17ClN6O3/c1-9-7-20-24-25(9)16-8-28-18(23-16)21-10(2)12-4-11-5-13(19)15(27-3)6-14(11)22-17(12)26/h4-8,10H,1-3H3,(H,21,23)(H,22,26)/t10-/m0/s1. The average Bonchev–Trinajstić information content (AvgIpc) is 3.29. The molecule has 0 fully saturated rings. The molecule has 0 saturated heterocycles. The molecular formula is C18H17ClN6O3. The Bertz CT molecular complexity index is 1210. The van der Waals surface area contributed by atoms with Gasteiger partial charge in [-0.05, 0) is 26.0 Å². The molecule has 4 rings (SSSR count). The number of nitrogens with one attached hydrogen (secondary N) is 2. The van der Waals surface area contributed by atoms with Gasteiger partial charge < -0.3 is 19.5 Å². The van der Waals surface area contributed by atoms with Crippen LogP contribution in [0.3, 0.4) is 0 Å². The largest absolute Gasteiger partial charge is 0.495 e. The molecule has 9 nitrogen and oxygen atoms in total. The fourth-order valence-corrected chi connectivity index (χ4v) is 3.16. The van der Waals surface area contributed by atoms with E-state index in [0.717, 1.165) is 11.1 Å². The molecule has 0 unspecified atom stereocenters. The van der Waals surface area contributed by atoms with Gasteiger partial charge in [0.15, 0.2) is 5.82 Å². The Kier molecular flexibility index (Phi) is 4.52. The summed E-state index contributed by atoms with van der Waals surface area (Å²) in [7, 11) is 1.52. The van der Waals surface area contributed by atoms with Crippen molar-refractivity contribution < 1.29 is 9.15 Å². The third-order valence-corrected chi connectivity index (χ3v) is 4.68. The van der Waals surface area contributed by atoms with Crippen LogP contribution >= 0.6 is 11.6 Å². The van der Waals surface area contributed by atoms with Crippen LogP contribution in [0.2, 0.25) is 5.02 Å². The lowest BCUT2D eigenvalue weighted by Crippen LogP contribution is -2.19. The minimum Gasteiger partial charge on any atom is -0.495 e. The molecule has 4 aromatic rings. The summed E-state index contributed by atoms with van der Waals surface area (Å²) in [4.78, 5) is 19.7. The Morgan fingerprint density at radius 3 is 2.89 bits per heavy atom. The van der Waals surface area contributed by atoms with Gasteiger partial charge in [0, 0.05) is 17.0 Å². The van der Waals surface area contributed by atoms with Gasteiger partial charge in [0.25, 0.3) is 11.6 Å². The number of nitrogens with zero attached hydrogens (tertiary/aromatic N) is 4. The van der Waals surface area contributed by atoms with Crippen molar-refractivity contribution in [1.82, 2.24) is 25.0 Å². The molecule has 144 valence electrons. The summed E-state index contributed by atoms with van der Waals surface area (Å²) in [5.74, 6) is 0.996. The number of pyridine rings is 1. The number of fused-ring (bicyclic) bond motifs is 1. The highest BCUT2D eigenvalue weighted by molar-refractivity contribution is 6.32. The second-order valence-corrected chi connectivity index (χ2v) is 6.70. The van der Waals surface area contributed by atoms with Crippen LogP contribution in [0.15, 0.2) is 39.9 Å². The summed E-state index contributed by atoms with van der Waals surface area (Å²) in [5, 5.41) is 12.1. The predicted octanol–water partition coefficient (Wildman–Crippen LogP) is 3.24. The van der Waals surface area contributed by atoms with E-state index in [1.54, 1.807) is 29.1 Å². The molecule has 0 spiro atoms. The van der Waals surface area contributed by atoms with E-state index in [1.807, 2.05) is 13.8 Å². The number of hydrogen-bond donors (Lipinski definition) is 2. The molecule has 0 radical (unpaired) electrons. The lowest BCUT2D eigenvalue weighted by molar-refractivity contribution is 0.415. The number of hydrogen-bond acceptors (Lipinski definition) is 7. The number of H-pyrrole nitrogens is 1. The van der Waals surface area contributed by atoms with Crippen LogP contribution < -0.4 is 15.6 Å². The molecule has 1 aromatic carbocycles. The van der Waals surface area contributed by atoms with Crippen molar-refractivity contribution in [2.24, 2.45) is 0 Å². The van der Waals surface area contributed by atoms with Crippen LogP contribution in [0.4, 0.5) is 6.01 Å². The van der Waals surface area contributed by atoms with Gasteiger partial charge in [-0.1, -0.05) is 16.8 Å². The summed E-state index contributed by atoms with van der Waals surface area (Å²) in [6.45, 7) is 3.70. The Morgan fingerprint density at radius 2 is 2.18 bits per heavy atom. The van der Waals surface area contributed by atoms with Gasteiger partial charge in [0.1, 0.15) is 12.0 Å². The Labute approximate surface area is 164 Å². The second kappa shape index (κ2) is 7.01. The molecular weight excluding hydrogens is 384 g/mol. The minimum atomic E-state index is -0.364. The summed E-state index contributed by atoms with van der Waals surface area (Å²) in [5.41, 5.74) is 1.76. The number of benzene rings is 1. The van der Waals surface area contributed by atoms with Crippen LogP contribution in [0.25, 0.3) is 16.7 Å². The summed E-state index contributed by atoms with van der Waals surface area (Å²) in [6, 6.07) is 5.13. The molecule has 1 atom stereocenters. The quantitative estimate of drug-likeness (QED) is 0.529. The molecule has 28 heavy (non-hydrogen) atoms. The van der Waals surface area contributed by atoms with E-state index in [4.69, 9.17) is 20.8 Å². The van der Waals surface area contributed by atoms with Gasteiger partial charge in [-0.2, -0.15) is 9.67 Å². The SMILES string of the molecule is COc1cc2[nH]c(=O)c([C@H](C)Nc3nc(-n4nncc4C)co3)cc2cc1Cl. The molecule has 0 aliphatic heterocycles. The van der Waals surface area contributed by atoms with Gasteiger partial charge in [0.05, 0.1) is 35.6 Å². The van der Waals surface area contributed by atoms with Crippen molar-refractivity contribution in [2.45, 2.75) is 19.9 Å². The van der Waals surface area contributed by atoms with Crippen molar-refractivity contribution >= 4 is 28.5 Å². The predicted molar refractivity (Wildman–Crippen MR) is 104 cm³/mol. The van der Waals surface area contributed by atoms with Crippen LogP contribution in [-0.2, 0) is 0 Å². The van der Waals surface area contributed by atoms with Crippen molar-refractivity contribution in [3.63, 3.8) is 0 Å². The molecule has 0 bridgehead atoms. The zero-order chi connectivity index (χ0) is 19.8. The maximum absolute atomic E-state index is 12.5. The van der Waals surface area contributed by atoms with E-state index >= 15 is 0 Å². The lowest BCUT2D eigenvalue weighted by atomic mass is 10.1. The fraction of sp³-hybridized carbons (Fsp3) is 0.222. The summed E-state index contributed by atoms with van der Waals surface area (Å²) in [6.07, 6.45) is 3.09. The average molecular weight is 401 g/mol. The number of rotatable bonds is 5. The van der Waals surface area contributed by atoms with Gasteiger partial charge in [-0.25, -0.2) is 0 Å². The van der Waals surface area contributed by atoms with Crippen molar-refractivity contribution in [2.75, 3.05) is 12.4 Å². The van der Waals surface area contributed by atoms with Crippen molar-refractivity contribution in [1.29, 1.82) is 0 Å². The number of aromatic nitrogens is 5. The Hall–Kier alpha value is -3.33. The number of methoxy groups -OCH3 is 1. The number of oxazole rings is 1. The van der Waals surface area contributed by atoms with Crippen LogP contribution in [0.5, 0.6) is 5.75 Å². The number of aromatic amines is 1. The zero-order valence-electron chi connectivity index (χ0n) is 15.4. The highest BCUT2D eigenvalue weighted by Gasteiger charge is 2.16. The Balaban J connectivity index is 1.63. The van der Waals surface area contributed by atoms with E-state index in [1.165, 1.54) is 13.4 Å². The first-order valence-electron chi connectivity index (χ1n) is 8.46. The van der Waals surface area contributed by atoms with Gasteiger partial charge in [-0.3, -0.25) is 4.79 Å². The van der Waals surface area contributed by atoms with Gasteiger partial charge in [0.2, 0.25) is 0 Å². The van der Waals surface area contributed by atoms with E-state index in [-0.39, 0.29) is 17.6 Å². The molecule has 0 saturated carbocycles.